The monoisotopic (exact) mass is 301 g/mol. The molecule has 1 aromatic rings. The summed E-state index contributed by atoms with van der Waals surface area (Å²) < 4.78 is 16.1. The van der Waals surface area contributed by atoms with E-state index in [1.807, 2.05) is 12.1 Å². The lowest BCUT2D eigenvalue weighted by atomic mass is 10.3. The van der Waals surface area contributed by atoms with Crippen molar-refractivity contribution in [3.63, 3.8) is 0 Å². The summed E-state index contributed by atoms with van der Waals surface area (Å²) >= 11 is 0. The first-order valence-electron chi connectivity index (χ1n) is 6.74. The molecular weight excluding hydrogens is 282 g/mol. The van der Waals surface area contributed by atoms with Crippen molar-refractivity contribution in [2.75, 3.05) is 33.0 Å². The number of aliphatic hydroxyl groups excluding tert-OH is 1. The van der Waals surface area contributed by atoms with Gasteiger partial charge < -0.3 is 24.2 Å². The number of hydrogen-bond acceptors (Lipinski definition) is 5. The number of β-amino-alcohol motifs (C(OH)–C–C–N with tert-alkyl or cyclic N) is 1. The maximum Gasteiger partial charge on any atom is 0.231 e. The first kappa shape index (κ1) is 15.2. The highest BCUT2D eigenvalue weighted by Gasteiger charge is 2.17. The average molecular weight is 302 g/mol. The van der Waals surface area contributed by atoms with Gasteiger partial charge in [0.25, 0.3) is 0 Å². The summed E-state index contributed by atoms with van der Waals surface area (Å²) in [5.74, 6) is 2.14. The molecule has 0 bridgehead atoms. The summed E-state index contributed by atoms with van der Waals surface area (Å²) in [6, 6.07) is 5.45. The van der Waals surface area contributed by atoms with Crippen LogP contribution in [0.2, 0.25) is 0 Å². The van der Waals surface area contributed by atoms with E-state index in [4.69, 9.17) is 14.2 Å². The standard InChI is InChI=1S/C14H19NO4.ClH/c16-11(8-15-5-1-2-6-15)9-17-12-3-4-13-14(7-12)19-10-18-13;/h3-4,7,11,16H,1-2,5-6,8-10H2;1H. The molecule has 0 spiro atoms. The lowest BCUT2D eigenvalue weighted by molar-refractivity contribution is 0.0757. The maximum atomic E-state index is 9.94. The Balaban J connectivity index is 0.00000147. The predicted molar refractivity (Wildman–Crippen MR) is 77.0 cm³/mol. The van der Waals surface area contributed by atoms with Gasteiger partial charge in [0, 0.05) is 12.6 Å². The molecule has 1 aromatic carbocycles. The Bertz CT molecular complexity index is 437. The lowest BCUT2D eigenvalue weighted by Gasteiger charge is -2.19. The molecule has 1 fully saturated rings. The second-order valence-electron chi connectivity index (χ2n) is 4.99. The minimum Gasteiger partial charge on any atom is -0.491 e. The van der Waals surface area contributed by atoms with E-state index >= 15 is 0 Å². The molecule has 0 radical (unpaired) electrons. The molecular formula is C14H20ClNO4. The Morgan fingerprint density at radius 3 is 2.75 bits per heavy atom. The van der Waals surface area contributed by atoms with Gasteiger partial charge in [-0.1, -0.05) is 0 Å². The van der Waals surface area contributed by atoms with Gasteiger partial charge in [0.2, 0.25) is 6.79 Å². The fourth-order valence-electron chi connectivity index (χ4n) is 2.48. The van der Waals surface area contributed by atoms with E-state index in [1.165, 1.54) is 12.8 Å². The summed E-state index contributed by atoms with van der Waals surface area (Å²) in [7, 11) is 0. The highest BCUT2D eigenvalue weighted by Crippen LogP contribution is 2.35. The van der Waals surface area contributed by atoms with Crippen molar-refractivity contribution in [3.05, 3.63) is 18.2 Å². The molecule has 112 valence electrons. The molecule has 1 unspecified atom stereocenters. The topological polar surface area (TPSA) is 51.2 Å². The number of benzene rings is 1. The van der Waals surface area contributed by atoms with Crippen LogP contribution in [0.1, 0.15) is 12.8 Å². The van der Waals surface area contributed by atoms with Crippen LogP contribution in [-0.4, -0.2) is 49.1 Å². The van der Waals surface area contributed by atoms with Gasteiger partial charge >= 0.3 is 0 Å². The molecule has 1 atom stereocenters. The summed E-state index contributed by atoms with van der Waals surface area (Å²) in [4.78, 5) is 2.27. The molecule has 0 amide bonds. The third-order valence-corrected chi connectivity index (χ3v) is 3.45. The normalized spacial score (nSPS) is 18.6. The Kier molecular flexibility index (Phi) is 5.34. The van der Waals surface area contributed by atoms with Gasteiger partial charge in [0.15, 0.2) is 11.5 Å². The van der Waals surface area contributed by atoms with Crippen molar-refractivity contribution >= 4 is 12.4 Å². The lowest BCUT2D eigenvalue weighted by Crippen LogP contribution is -2.33. The van der Waals surface area contributed by atoms with Crippen molar-refractivity contribution in [1.82, 2.24) is 4.90 Å². The zero-order valence-corrected chi connectivity index (χ0v) is 12.1. The molecule has 3 rings (SSSR count). The van der Waals surface area contributed by atoms with Gasteiger partial charge in [0.05, 0.1) is 0 Å². The van der Waals surface area contributed by atoms with E-state index in [0.29, 0.717) is 24.7 Å². The van der Waals surface area contributed by atoms with E-state index in [1.54, 1.807) is 6.07 Å². The van der Waals surface area contributed by atoms with Crippen molar-refractivity contribution in [3.8, 4) is 17.2 Å². The van der Waals surface area contributed by atoms with Crippen LogP contribution in [0.5, 0.6) is 17.2 Å². The SMILES string of the molecule is Cl.OC(COc1ccc2c(c1)OCO2)CN1CCCC1. The van der Waals surface area contributed by atoms with Crippen molar-refractivity contribution in [2.45, 2.75) is 18.9 Å². The molecule has 2 heterocycles. The predicted octanol–water partition coefficient (Wildman–Crippen LogP) is 1.67. The summed E-state index contributed by atoms with van der Waals surface area (Å²) in [6.07, 6.45) is 2.01. The molecule has 20 heavy (non-hydrogen) atoms. The number of fused-ring (bicyclic) bond motifs is 1. The van der Waals surface area contributed by atoms with E-state index in [-0.39, 0.29) is 19.2 Å². The fraction of sp³-hybridized carbons (Fsp3) is 0.571. The van der Waals surface area contributed by atoms with Crippen molar-refractivity contribution in [1.29, 1.82) is 0 Å². The number of likely N-dealkylation sites (tertiary alicyclic amines) is 1. The number of nitrogens with zero attached hydrogens (tertiary/aromatic N) is 1. The van der Waals surface area contributed by atoms with Gasteiger partial charge in [-0.25, -0.2) is 0 Å². The van der Waals surface area contributed by atoms with Crippen LogP contribution in [-0.2, 0) is 0 Å². The molecule has 5 nitrogen and oxygen atoms in total. The molecule has 2 aliphatic heterocycles. The van der Waals surface area contributed by atoms with E-state index in [9.17, 15) is 5.11 Å². The first-order chi connectivity index (χ1) is 9.31. The Morgan fingerprint density at radius 1 is 1.20 bits per heavy atom. The second kappa shape index (κ2) is 7.02. The second-order valence-corrected chi connectivity index (χ2v) is 4.99. The first-order valence-corrected chi connectivity index (χ1v) is 6.74. The highest BCUT2D eigenvalue weighted by atomic mass is 35.5. The van der Waals surface area contributed by atoms with Crippen LogP contribution < -0.4 is 14.2 Å². The summed E-state index contributed by atoms with van der Waals surface area (Å²) in [6.45, 7) is 3.42. The van der Waals surface area contributed by atoms with Gasteiger partial charge in [-0.2, -0.15) is 0 Å². The number of halogens is 1. The van der Waals surface area contributed by atoms with Crippen LogP contribution >= 0.6 is 12.4 Å². The van der Waals surface area contributed by atoms with Gasteiger partial charge in [0.1, 0.15) is 18.5 Å². The number of rotatable bonds is 5. The Morgan fingerprint density at radius 2 is 1.95 bits per heavy atom. The third-order valence-electron chi connectivity index (χ3n) is 3.45. The van der Waals surface area contributed by atoms with Gasteiger partial charge in [-0.3, -0.25) is 0 Å². The fourth-order valence-corrected chi connectivity index (χ4v) is 2.48. The van der Waals surface area contributed by atoms with Crippen LogP contribution in [0.25, 0.3) is 0 Å². The zero-order chi connectivity index (χ0) is 13.1. The molecule has 1 saturated heterocycles. The quantitative estimate of drug-likeness (QED) is 0.896. The summed E-state index contributed by atoms with van der Waals surface area (Å²) in [5.41, 5.74) is 0. The number of hydrogen-bond donors (Lipinski definition) is 1. The van der Waals surface area contributed by atoms with Crippen LogP contribution in [0.3, 0.4) is 0 Å². The molecule has 6 heteroatoms. The maximum absolute atomic E-state index is 9.94. The molecule has 0 aromatic heterocycles. The average Bonchev–Trinajstić information content (AvgIpc) is 3.06. The summed E-state index contributed by atoms with van der Waals surface area (Å²) in [5, 5.41) is 9.94. The minimum absolute atomic E-state index is 0. The van der Waals surface area contributed by atoms with E-state index in [0.717, 1.165) is 18.8 Å². The molecule has 0 aliphatic carbocycles. The van der Waals surface area contributed by atoms with Crippen LogP contribution in [0, 0.1) is 0 Å². The smallest absolute Gasteiger partial charge is 0.231 e. The minimum atomic E-state index is -0.455. The zero-order valence-electron chi connectivity index (χ0n) is 11.3. The van der Waals surface area contributed by atoms with Crippen molar-refractivity contribution in [2.24, 2.45) is 0 Å². The van der Waals surface area contributed by atoms with Crippen molar-refractivity contribution < 1.29 is 19.3 Å². The molecule has 1 N–H and O–H groups in total. The van der Waals surface area contributed by atoms with Gasteiger partial charge in [-0.15, -0.1) is 12.4 Å². The van der Waals surface area contributed by atoms with E-state index < -0.39 is 6.10 Å². The number of aliphatic hydroxyl groups is 1. The van der Waals surface area contributed by atoms with Crippen LogP contribution in [0.15, 0.2) is 18.2 Å². The Hall–Kier alpha value is -1.17. The largest absolute Gasteiger partial charge is 0.491 e. The third kappa shape index (κ3) is 3.69. The highest BCUT2D eigenvalue weighted by molar-refractivity contribution is 5.85. The molecule has 2 aliphatic rings. The Labute approximate surface area is 124 Å². The van der Waals surface area contributed by atoms with E-state index in [2.05, 4.69) is 4.90 Å². The number of ether oxygens (including phenoxy) is 3. The van der Waals surface area contributed by atoms with Gasteiger partial charge in [-0.05, 0) is 38.1 Å². The molecule has 0 saturated carbocycles. The van der Waals surface area contributed by atoms with Crippen LogP contribution in [0.4, 0.5) is 0 Å².